The molecule has 2 amide bonds. The van der Waals surface area contributed by atoms with Crippen molar-refractivity contribution in [3.63, 3.8) is 0 Å². The van der Waals surface area contributed by atoms with Gasteiger partial charge in [0.25, 0.3) is 5.69 Å². The molecule has 0 bridgehead atoms. The number of carbonyl (C=O) groups excluding carboxylic acids is 2. The van der Waals surface area contributed by atoms with Crippen molar-refractivity contribution >= 4 is 28.3 Å². The number of nitrogens with two attached hydrogens (primary N) is 1. The molecule has 0 saturated carbocycles. The molecule has 0 unspecified atom stereocenters. The van der Waals surface area contributed by atoms with Crippen LogP contribution in [0.15, 0.2) is 59.5 Å². The Morgan fingerprint density at radius 3 is 2.48 bits per heavy atom. The molecule has 0 aliphatic heterocycles. The molecule has 27 heavy (non-hydrogen) atoms. The topological polar surface area (TPSA) is 132 Å². The van der Waals surface area contributed by atoms with Crippen molar-refractivity contribution in [2.45, 2.75) is 23.8 Å². The molecule has 0 aliphatic rings. The van der Waals surface area contributed by atoms with Crippen LogP contribution in [0.3, 0.4) is 0 Å². The van der Waals surface area contributed by atoms with Crippen LogP contribution in [0.5, 0.6) is 0 Å². The van der Waals surface area contributed by atoms with Gasteiger partial charge in [0.1, 0.15) is 6.04 Å². The molecule has 2 aromatic rings. The van der Waals surface area contributed by atoms with Gasteiger partial charge >= 0.3 is 0 Å². The predicted molar refractivity (Wildman–Crippen MR) is 100 cm³/mol. The minimum Gasteiger partial charge on any atom is -0.368 e. The van der Waals surface area contributed by atoms with Crippen LogP contribution >= 0.6 is 0 Å². The number of primary amides is 1. The fraction of sp³-hybridized carbons (Fsp3) is 0.222. The maximum Gasteiger partial charge on any atom is 0.269 e. The number of hydrogen-bond donors (Lipinski definition) is 2. The molecule has 0 aliphatic carbocycles. The first kappa shape index (κ1) is 20.2. The van der Waals surface area contributed by atoms with Gasteiger partial charge in [-0.15, -0.1) is 0 Å². The summed E-state index contributed by atoms with van der Waals surface area (Å²) >= 11 is 0. The zero-order valence-corrected chi connectivity index (χ0v) is 15.2. The second-order valence-electron chi connectivity index (χ2n) is 5.78. The van der Waals surface area contributed by atoms with E-state index in [1.807, 2.05) is 0 Å². The van der Waals surface area contributed by atoms with E-state index in [2.05, 4.69) is 5.32 Å². The third kappa shape index (κ3) is 6.30. The van der Waals surface area contributed by atoms with Crippen LogP contribution in [0.25, 0.3) is 0 Å². The number of benzene rings is 2. The molecule has 2 atom stereocenters. The van der Waals surface area contributed by atoms with Crippen molar-refractivity contribution in [2.24, 2.45) is 5.73 Å². The molecule has 0 spiro atoms. The summed E-state index contributed by atoms with van der Waals surface area (Å²) in [4.78, 5) is 34.6. The number of rotatable bonds is 9. The first-order valence-corrected chi connectivity index (χ1v) is 9.44. The summed E-state index contributed by atoms with van der Waals surface area (Å²) in [6.45, 7) is 0. The fourth-order valence-electron chi connectivity index (χ4n) is 2.41. The van der Waals surface area contributed by atoms with E-state index in [0.29, 0.717) is 10.5 Å². The molecule has 8 nitrogen and oxygen atoms in total. The van der Waals surface area contributed by atoms with E-state index in [9.17, 15) is 23.9 Å². The van der Waals surface area contributed by atoms with Crippen LogP contribution in [0, 0.1) is 10.1 Å². The molecule has 0 fully saturated rings. The van der Waals surface area contributed by atoms with E-state index >= 15 is 0 Å². The Morgan fingerprint density at radius 2 is 1.85 bits per heavy atom. The Labute approximate surface area is 158 Å². The molecular weight excluding hydrogens is 370 g/mol. The molecular formula is C18H19N3O5S. The summed E-state index contributed by atoms with van der Waals surface area (Å²) in [6, 6.07) is 13.5. The number of hydrogen-bond acceptors (Lipinski definition) is 5. The van der Waals surface area contributed by atoms with Crippen molar-refractivity contribution in [1.29, 1.82) is 0 Å². The second-order valence-corrected chi connectivity index (χ2v) is 7.35. The highest BCUT2D eigenvalue weighted by atomic mass is 32.2. The number of carbonyl (C=O) groups is 2. The third-order valence-electron chi connectivity index (χ3n) is 3.76. The largest absolute Gasteiger partial charge is 0.368 e. The molecule has 0 aromatic heterocycles. The fourth-order valence-corrected chi connectivity index (χ4v) is 3.56. The van der Waals surface area contributed by atoms with Crippen molar-refractivity contribution in [1.82, 2.24) is 5.32 Å². The third-order valence-corrected chi connectivity index (χ3v) is 5.17. The Kier molecular flexibility index (Phi) is 7.18. The lowest BCUT2D eigenvalue weighted by Crippen LogP contribution is -2.45. The smallest absolute Gasteiger partial charge is 0.269 e. The molecule has 0 radical (unpaired) electrons. The van der Waals surface area contributed by atoms with E-state index in [1.165, 1.54) is 18.2 Å². The number of nitrogens with zero attached hydrogens (tertiary/aromatic N) is 1. The van der Waals surface area contributed by atoms with Gasteiger partial charge in [-0.1, -0.05) is 30.3 Å². The lowest BCUT2D eigenvalue weighted by Gasteiger charge is -2.15. The highest BCUT2D eigenvalue weighted by Crippen LogP contribution is 2.13. The van der Waals surface area contributed by atoms with Crippen LogP contribution in [0.4, 0.5) is 5.69 Å². The number of nitro groups is 1. The minimum atomic E-state index is -1.32. The summed E-state index contributed by atoms with van der Waals surface area (Å²) in [6.07, 6.45) is -0.00918. The summed E-state index contributed by atoms with van der Waals surface area (Å²) in [5.41, 5.74) is 5.65. The van der Waals surface area contributed by atoms with Gasteiger partial charge in [-0.05, 0) is 24.1 Å². The lowest BCUT2D eigenvalue weighted by atomic mass is 10.1. The SMILES string of the molecule is NC(=O)[C@H](CC[S@](=O)c1ccccc1)NC(=O)Cc1cccc([N+](=O)[O-])c1. The summed E-state index contributed by atoms with van der Waals surface area (Å²) in [7, 11) is -1.32. The molecule has 2 aromatic carbocycles. The van der Waals surface area contributed by atoms with Crippen LogP contribution in [-0.2, 0) is 26.8 Å². The summed E-state index contributed by atoms with van der Waals surface area (Å²) in [5, 5.41) is 13.3. The van der Waals surface area contributed by atoms with Crippen LogP contribution < -0.4 is 11.1 Å². The van der Waals surface area contributed by atoms with Crippen molar-refractivity contribution in [2.75, 3.05) is 5.75 Å². The van der Waals surface area contributed by atoms with Crippen molar-refractivity contribution in [3.8, 4) is 0 Å². The Bertz CT molecular complexity index is 857. The second kappa shape index (κ2) is 9.58. The van der Waals surface area contributed by atoms with E-state index < -0.39 is 33.6 Å². The van der Waals surface area contributed by atoms with Crippen molar-refractivity contribution < 1.29 is 18.7 Å². The van der Waals surface area contributed by atoms with Gasteiger partial charge in [0, 0.05) is 22.8 Å². The van der Waals surface area contributed by atoms with E-state index in [-0.39, 0.29) is 24.3 Å². The maximum atomic E-state index is 12.2. The molecule has 9 heteroatoms. The highest BCUT2D eigenvalue weighted by molar-refractivity contribution is 7.85. The Morgan fingerprint density at radius 1 is 1.15 bits per heavy atom. The average Bonchev–Trinajstić information content (AvgIpc) is 2.65. The first-order chi connectivity index (χ1) is 12.9. The molecule has 2 rings (SSSR count). The van der Waals surface area contributed by atoms with E-state index in [4.69, 9.17) is 5.73 Å². The van der Waals surface area contributed by atoms with Crippen LogP contribution in [0.1, 0.15) is 12.0 Å². The van der Waals surface area contributed by atoms with Gasteiger partial charge in [-0.3, -0.25) is 23.9 Å². The normalized spacial score (nSPS) is 12.7. The zero-order valence-electron chi connectivity index (χ0n) is 14.4. The number of nitro benzene ring substituents is 1. The highest BCUT2D eigenvalue weighted by Gasteiger charge is 2.20. The van der Waals surface area contributed by atoms with E-state index in [0.717, 1.165) is 0 Å². The maximum absolute atomic E-state index is 12.2. The van der Waals surface area contributed by atoms with Gasteiger partial charge in [-0.2, -0.15) is 0 Å². The standard InChI is InChI=1S/C18H19N3O5S/c19-18(23)16(9-10-27(26)15-7-2-1-3-8-15)20-17(22)12-13-5-4-6-14(11-13)21(24)25/h1-8,11,16H,9-10,12H2,(H2,19,23)(H,20,22)/t16-,27-/m0/s1. The van der Waals surface area contributed by atoms with Crippen LogP contribution in [0.2, 0.25) is 0 Å². The van der Waals surface area contributed by atoms with Gasteiger partial charge in [0.05, 0.1) is 22.1 Å². The average molecular weight is 389 g/mol. The zero-order chi connectivity index (χ0) is 19.8. The lowest BCUT2D eigenvalue weighted by molar-refractivity contribution is -0.384. The number of non-ortho nitro benzene ring substituents is 1. The van der Waals surface area contributed by atoms with Gasteiger partial charge in [0.15, 0.2) is 0 Å². The van der Waals surface area contributed by atoms with E-state index in [1.54, 1.807) is 36.4 Å². The molecule has 3 N–H and O–H groups in total. The monoisotopic (exact) mass is 389 g/mol. The van der Waals surface area contributed by atoms with Gasteiger partial charge in [0.2, 0.25) is 11.8 Å². The molecule has 142 valence electrons. The minimum absolute atomic E-state index is 0.120. The Balaban J connectivity index is 1.94. The van der Waals surface area contributed by atoms with Crippen molar-refractivity contribution in [3.05, 3.63) is 70.3 Å². The first-order valence-electron chi connectivity index (χ1n) is 8.12. The number of nitrogens with one attached hydrogen (secondary N) is 1. The summed E-state index contributed by atoms with van der Waals surface area (Å²) in [5.74, 6) is -1.06. The summed E-state index contributed by atoms with van der Waals surface area (Å²) < 4.78 is 12.2. The molecule has 0 saturated heterocycles. The predicted octanol–water partition coefficient (Wildman–Crippen LogP) is 1.31. The molecule has 0 heterocycles. The number of amides is 2. The Hall–Kier alpha value is -3.07. The van der Waals surface area contributed by atoms with Gasteiger partial charge < -0.3 is 11.1 Å². The van der Waals surface area contributed by atoms with Crippen LogP contribution in [-0.4, -0.2) is 32.7 Å². The van der Waals surface area contributed by atoms with Gasteiger partial charge in [-0.25, -0.2) is 0 Å². The quantitative estimate of drug-likeness (QED) is 0.493.